The van der Waals surface area contributed by atoms with E-state index in [2.05, 4.69) is 33.6 Å². The van der Waals surface area contributed by atoms with Crippen LogP contribution in [0.15, 0.2) is 30.5 Å². The number of carbonyl (C=O) groups excluding carboxylic acids is 3. The minimum atomic E-state index is -1.26. The van der Waals surface area contributed by atoms with Crippen molar-refractivity contribution in [3.05, 3.63) is 36.0 Å². The molecule has 0 aliphatic carbocycles. The number of carboxylic acids is 1. The molecule has 1 aromatic carbocycles. The Kier molecular flexibility index (Phi) is 11.7. The van der Waals surface area contributed by atoms with E-state index in [4.69, 9.17) is 11.5 Å². The highest BCUT2D eigenvalue weighted by molar-refractivity contribution is 7.80. The lowest BCUT2D eigenvalue weighted by atomic mass is 10.0. The van der Waals surface area contributed by atoms with Crippen LogP contribution in [0.1, 0.15) is 24.8 Å². The molecule has 1 aromatic heterocycles. The summed E-state index contributed by atoms with van der Waals surface area (Å²) in [5.41, 5.74) is 12.7. The van der Waals surface area contributed by atoms with Gasteiger partial charge in [0.2, 0.25) is 17.7 Å². The van der Waals surface area contributed by atoms with Gasteiger partial charge >= 0.3 is 5.97 Å². The number of aromatic amines is 1. The normalized spacial score (nSPS) is 14.4. The van der Waals surface area contributed by atoms with Gasteiger partial charge in [-0.1, -0.05) is 18.2 Å². The molecule has 36 heavy (non-hydrogen) atoms. The summed E-state index contributed by atoms with van der Waals surface area (Å²) in [5, 5.41) is 26.9. The van der Waals surface area contributed by atoms with E-state index < -0.39 is 54.5 Å². The number of carbonyl (C=O) groups is 4. The van der Waals surface area contributed by atoms with Crippen LogP contribution in [-0.2, 0) is 25.6 Å². The number of benzene rings is 1. The van der Waals surface area contributed by atoms with Crippen molar-refractivity contribution in [2.45, 2.75) is 49.9 Å². The summed E-state index contributed by atoms with van der Waals surface area (Å²) in [6.45, 7) is -0.230. The number of nitrogens with one attached hydrogen (secondary N) is 4. The fourth-order valence-corrected chi connectivity index (χ4v) is 3.83. The zero-order valence-corrected chi connectivity index (χ0v) is 20.7. The van der Waals surface area contributed by atoms with Crippen LogP contribution < -0.4 is 27.4 Å². The maximum atomic E-state index is 13.3. The van der Waals surface area contributed by atoms with Crippen molar-refractivity contribution in [1.82, 2.24) is 20.9 Å². The summed E-state index contributed by atoms with van der Waals surface area (Å²) in [5.74, 6) is -3.48. The second-order valence-electron chi connectivity index (χ2n) is 8.34. The largest absolute Gasteiger partial charge is 0.480 e. The molecule has 12 nitrogen and oxygen atoms in total. The Labute approximate surface area is 214 Å². The number of aliphatic carboxylic acids is 1. The zero-order chi connectivity index (χ0) is 26.7. The van der Waals surface area contributed by atoms with Gasteiger partial charge in [0.05, 0.1) is 6.61 Å². The molecule has 0 aliphatic heterocycles. The standard InChI is InChI=1S/C23H34N6O6S/c24-8-4-3-7-17(21(32)29-19(12-36)23(34)35)27-22(33)18(28-20(31)15(25)11-30)9-13-10-26-16-6-2-1-5-14(13)16/h1-2,5-6,10,15,17-19,26,30,36H,3-4,7-9,11-12,24-25H2,(H,27,33)(H,28,31)(H,29,32)(H,34,35). The Balaban J connectivity index is 2.26. The van der Waals surface area contributed by atoms with Crippen molar-refractivity contribution >= 4 is 47.2 Å². The van der Waals surface area contributed by atoms with Gasteiger partial charge in [0.15, 0.2) is 0 Å². The van der Waals surface area contributed by atoms with Gasteiger partial charge in [0, 0.05) is 29.3 Å². The van der Waals surface area contributed by atoms with Crippen LogP contribution in [0.3, 0.4) is 0 Å². The molecule has 10 N–H and O–H groups in total. The molecule has 2 aromatic rings. The molecule has 2 rings (SSSR count). The van der Waals surface area contributed by atoms with Gasteiger partial charge in [-0.25, -0.2) is 4.79 Å². The number of thiol groups is 1. The number of fused-ring (bicyclic) bond motifs is 1. The molecule has 198 valence electrons. The molecular weight excluding hydrogens is 488 g/mol. The molecule has 0 fully saturated rings. The number of aliphatic hydroxyl groups excluding tert-OH is 1. The fourth-order valence-electron chi connectivity index (χ4n) is 3.58. The van der Waals surface area contributed by atoms with Crippen molar-refractivity contribution in [3.8, 4) is 0 Å². The van der Waals surface area contributed by atoms with E-state index >= 15 is 0 Å². The molecule has 4 atom stereocenters. The number of hydrogen-bond donors (Lipinski definition) is 9. The van der Waals surface area contributed by atoms with Gasteiger partial charge in [0.1, 0.15) is 24.2 Å². The highest BCUT2D eigenvalue weighted by Gasteiger charge is 2.30. The van der Waals surface area contributed by atoms with Crippen molar-refractivity contribution in [3.63, 3.8) is 0 Å². The predicted molar refractivity (Wildman–Crippen MR) is 137 cm³/mol. The molecule has 13 heteroatoms. The lowest BCUT2D eigenvalue weighted by Gasteiger charge is -2.25. The van der Waals surface area contributed by atoms with E-state index in [-0.39, 0.29) is 18.6 Å². The number of unbranched alkanes of at least 4 members (excludes halogenated alkanes) is 1. The van der Waals surface area contributed by atoms with Gasteiger partial charge in [-0.15, -0.1) is 0 Å². The van der Waals surface area contributed by atoms with Gasteiger partial charge < -0.3 is 42.6 Å². The maximum absolute atomic E-state index is 13.3. The first-order valence-electron chi connectivity index (χ1n) is 11.6. The number of aromatic nitrogens is 1. The number of H-pyrrole nitrogens is 1. The first-order valence-corrected chi connectivity index (χ1v) is 12.2. The minimum Gasteiger partial charge on any atom is -0.480 e. The summed E-state index contributed by atoms with van der Waals surface area (Å²) >= 11 is 3.95. The monoisotopic (exact) mass is 522 g/mol. The second kappa shape index (κ2) is 14.4. The fraction of sp³-hybridized carbons (Fsp3) is 0.478. The van der Waals surface area contributed by atoms with E-state index in [0.29, 0.717) is 19.4 Å². The number of aliphatic hydroxyl groups is 1. The molecule has 4 unspecified atom stereocenters. The number of amides is 3. The van der Waals surface area contributed by atoms with Gasteiger partial charge in [-0.3, -0.25) is 14.4 Å². The van der Waals surface area contributed by atoms with Crippen LogP contribution in [0.4, 0.5) is 0 Å². The topological polar surface area (TPSA) is 213 Å². The molecule has 0 spiro atoms. The first-order chi connectivity index (χ1) is 17.2. The average Bonchev–Trinajstić information content (AvgIpc) is 3.28. The van der Waals surface area contributed by atoms with Gasteiger partial charge in [-0.2, -0.15) is 12.6 Å². The molecule has 0 radical (unpaired) electrons. The second-order valence-corrected chi connectivity index (χ2v) is 8.71. The Morgan fingerprint density at radius 3 is 2.25 bits per heavy atom. The van der Waals surface area contributed by atoms with E-state index in [1.807, 2.05) is 24.3 Å². The lowest BCUT2D eigenvalue weighted by Crippen LogP contribution is -2.58. The van der Waals surface area contributed by atoms with Gasteiger partial charge in [0.25, 0.3) is 0 Å². The molecule has 0 saturated carbocycles. The van der Waals surface area contributed by atoms with E-state index in [1.54, 1.807) is 6.20 Å². The number of para-hydroxylation sites is 1. The Hall–Kier alpha value is -3.13. The number of nitrogens with two attached hydrogens (primary N) is 2. The Morgan fingerprint density at radius 2 is 1.61 bits per heavy atom. The summed E-state index contributed by atoms with van der Waals surface area (Å²) in [6.07, 6.45) is 3.10. The zero-order valence-electron chi connectivity index (χ0n) is 19.8. The van der Waals surface area contributed by atoms with E-state index in [1.165, 1.54) is 0 Å². The van der Waals surface area contributed by atoms with Crippen LogP contribution in [0, 0.1) is 0 Å². The number of carboxylic acid groups (broad SMARTS) is 1. The van der Waals surface area contributed by atoms with Crippen LogP contribution >= 0.6 is 12.6 Å². The van der Waals surface area contributed by atoms with E-state index in [0.717, 1.165) is 16.5 Å². The lowest BCUT2D eigenvalue weighted by molar-refractivity contribution is -0.141. The van der Waals surface area contributed by atoms with Crippen LogP contribution in [0.5, 0.6) is 0 Å². The molecule has 1 heterocycles. The molecule has 3 amide bonds. The third-order valence-electron chi connectivity index (χ3n) is 5.64. The van der Waals surface area contributed by atoms with Crippen LogP contribution in [0.25, 0.3) is 10.9 Å². The Bertz CT molecular complexity index is 1050. The first kappa shape index (κ1) is 29.1. The quantitative estimate of drug-likeness (QED) is 0.100. The highest BCUT2D eigenvalue weighted by atomic mass is 32.1. The Morgan fingerprint density at radius 1 is 0.972 bits per heavy atom. The highest BCUT2D eigenvalue weighted by Crippen LogP contribution is 2.19. The third kappa shape index (κ3) is 8.22. The molecule has 0 bridgehead atoms. The van der Waals surface area contributed by atoms with Crippen molar-refractivity contribution in [2.24, 2.45) is 11.5 Å². The summed E-state index contributed by atoms with van der Waals surface area (Å²) in [4.78, 5) is 53.0. The third-order valence-corrected chi connectivity index (χ3v) is 6.01. The molecule has 0 saturated heterocycles. The average molecular weight is 523 g/mol. The smallest absolute Gasteiger partial charge is 0.327 e. The van der Waals surface area contributed by atoms with Crippen molar-refractivity contribution < 1.29 is 29.4 Å². The number of rotatable bonds is 15. The summed E-state index contributed by atoms with van der Waals surface area (Å²) in [6, 6.07) is 2.76. The molecular formula is C23H34N6O6S. The predicted octanol–water partition coefficient (Wildman–Crippen LogP) is -1.37. The SMILES string of the molecule is NCCCCC(NC(=O)C(Cc1c[nH]c2ccccc12)NC(=O)C(N)CO)C(=O)NC(CS)C(=O)O. The van der Waals surface area contributed by atoms with Crippen molar-refractivity contribution in [1.29, 1.82) is 0 Å². The van der Waals surface area contributed by atoms with Gasteiger partial charge in [-0.05, 0) is 37.4 Å². The van der Waals surface area contributed by atoms with Crippen LogP contribution in [-0.4, -0.2) is 82.0 Å². The summed E-state index contributed by atoms with van der Waals surface area (Å²) in [7, 11) is 0. The number of hydrogen-bond acceptors (Lipinski definition) is 8. The van der Waals surface area contributed by atoms with Crippen molar-refractivity contribution in [2.75, 3.05) is 18.9 Å². The van der Waals surface area contributed by atoms with E-state index in [9.17, 15) is 29.4 Å². The summed E-state index contributed by atoms with van der Waals surface area (Å²) < 4.78 is 0. The minimum absolute atomic E-state index is 0.0747. The maximum Gasteiger partial charge on any atom is 0.327 e. The molecule has 0 aliphatic rings. The van der Waals surface area contributed by atoms with Crippen LogP contribution in [0.2, 0.25) is 0 Å².